The van der Waals surface area contributed by atoms with E-state index in [1.807, 2.05) is 6.07 Å². The lowest BCUT2D eigenvalue weighted by Crippen LogP contribution is -2.44. The first-order valence-electron chi connectivity index (χ1n) is 5.75. The molecule has 17 heavy (non-hydrogen) atoms. The Balaban J connectivity index is 1.90. The number of fused-ring (bicyclic) bond motifs is 1. The van der Waals surface area contributed by atoms with Gasteiger partial charge in [0.05, 0.1) is 10.2 Å². The minimum Gasteiger partial charge on any atom is -0.508 e. The number of rotatable bonds is 1. The van der Waals surface area contributed by atoms with Crippen LogP contribution in [0.15, 0.2) is 18.2 Å². The number of aromatic hydroxyl groups is 1. The summed E-state index contributed by atoms with van der Waals surface area (Å²) in [6.07, 6.45) is 0. The van der Waals surface area contributed by atoms with Crippen LogP contribution in [-0.2, 0) is 0 Å². The average Bonchev–Trinajstić information content (AvgIpc) is 2.72. The lowest BCUT2D eigenvalue weighted by molar-refractivity contribution is 0.313. The SMILES string of the molecule is CN1CCN(c2nc3ccc(O)cc3s2)CC1. The number of hydrogen-bond acceptors (Lipinski definition) is 5. The molecule has 0 aliphatic carbocycles. The van der Waals surface area contributed by atoms with E-state index in [4.69, 9.17) is 0 Å². The Kier molecular flexibility index (Phi) is 2.64. The van der Waals surface area contributed by atoms with Crippen molar-refractivity contribution >= 4 is 26.7 Å². The molecule has 1 N–H and O–H groups in total. The van der Waals surface area contributed by atoms with E-state index in [0.29, 0.717) is 5.75 Å². The molecule has 1 fully saturated rings. The summed E-state index contributed by atoms with van der Waals surface area (Å²) in [7, 11) is 2.15. The number of phenols is 1. The van der Waals surface area contributed by atoms with Gasteiger partial charge >= 0.3 is 0 Å². The summed E-state index contributed by atoms with van der Waals surface area (Å²) in [5, 5.41) is 10.5. The van der Waals surface area contributed by atoms with E-state index < -0.39 is 0 Å². The molecule has 1 aliphatic heterocycles. The van der Waals surface area contributed by atoms with Gasteiger partial charge in [0, 0.05) is 26.2 Å². The monoisotopic (exact) mass is 249 g/mol. The van der Waals surface area contributed by atoms with E-state index in [1.165, 1.54) is 0 Å². The first-order chi connectivity index (χ1) is 8.22. The normalized spacial score (nSPS) is 17.8. The minimum atomic E-state index is 0.311. The molecule has 3 rings (SSSR count). The van der Waals surface area contributed by atoms with Crippen molar-refractivity contribution in [1.82, 2.24) is 9.88 Å². The molecule has 5 heteroatoms. The standard InChI is InChI=1S/C12H15N3OS/c1-14-4-6-15(7-5-14)12-13-10-3-2-9(16)8-11(10)17-12/h2-3,8,16H,4-7H2,1H3. The summed E-state index contributed by atoms with van der Waals surface area (Å²) in [6, 6.07) is 5.35. The van der Waals surface area contributed by atoms with Gasteiger partial charge in [0.15, 0.2) is 5.13 Å². The van der Waals surface area contributed by atoms with Gasteiger partial charge in [-0.15, -0.1) is 0 Å². The smallest absolute Gasteiger partial charge is 0.186 e. The summed E-state index contributed by atoms with van der Waals surface area (Å²) in [5.74, 6) is 0.311. The number of piperazine rings is 1. The van der Waals surface area contributed by atoms with E-state index in [1.54, 1.807) is 23.5 Å². The number of likely N-dealkylation sites (N-methyl/N-ethyl adjacent to an activating group) is 1. The number of benzene rings is 1. The Hall–Kier alpha value is -1.33. The van der Waals surface area contributed by atoms with Crippen LogP contribution in [0.2, 0.25) is 0 Å². The second kappa shape index (κ2) is 4.16. The molecule has 0 amide bonds. The predicted octanol–water partition coefficient (Wildman–Crippen LogP) is 1.75. The zero-order valence-electron chi connectivity index (χ0n) is 9.76. The van der Waals surface area contributed by atoms with Crippen LogP contribution in [0, 0.1) is 0 Å². The molecule has 0 unspecified atom stereocenters. The fraction of sp³-hybridized carbons (Fsp3) is 0.417. The Bertz CT molecular complexity index is 532. The Morgan fingerprint density at radius 3 is 2.76 bits per heavy atom. The Morgan fingerprint density at radius 2 is 2.00 bits per heavy atom. The lowest BCUT2D eigenvalue weighted by Gasteiger charge is -2.31. The zero-order valence-corrected chi connectivity index (χ0v) is 10.6. The molecule has 1 aliphatic rings. The van der Waals surface area contributed by atoms with Crippen LogP contribution in [0.4, 0.5) is 5.13 Å². The molecule has 90 valence electrons. The van der Waals surface area contributed by atoms with Gasteiger partial charge in [0.25, 0.3) is 0 Å². The van der Waals surface area contributed by atoms with Crippen molar-refractivity contribution in [3.05, 3.63) is 18.2 Å². The van der Waals surface area contributed by atoms with Gasteiger partial charge in [0.2, 0.25) is 0 Å². The highest BCUT2D eigenvalue weighted by Gasteiger charge is 2.17. The molecule has 2 aromatic rings. The highest BCUT2D eigenvalue weighted by molar-refractivity contribution is 7.22. The van der Waals surface area contributed by atoms with Crippen LogP contribution in [0.1, 0.15) is 0 Å². The molecule has 0 bridgehead atoms. The highest BCUT2D eigenvalue weighted by Crippen LogP contribution is 2.31. The molecule has 0 atom stereocenters. The van der Waals surface area contributed by atoms with Crippen molar-refractivity contribution in [3.63, 3.8) is 0 Å². The molecule has 1 aromatic carbocycles. The molecular formula is C12H15N3OS. The second-order valence-corrected chi connectivity index (χ2v) is 5.45. The molecule has 1 aromatic heterocycles. The van der Waals surface area contributed by atoms with Crippen LogP contribution in [0.3, 0.4) is 0 Å². The number of aromatic nitrogens is 1. The summed E-state index contributed by atoms with van der Waals surface area (Å²) in [5.41, 5.74) is 0.974. The van der Waals surface area contributed by atoms with E-state index in [0.717, 1.165) is 41.5 Å². The first-order valence-corrected chi connectivity index (χ1v) is 6.57. The summed E-state index contributed by atoms with van der Waals surface area (Å²) < 4.78 is 1.05. The fourth-order valence-electron chi connectivity index (χ4n) is 2.03. The number of thiazole rings is 1. The highest BCUT2D eigenvalue weighted by atomic mass is 32.1. The topological polar surface area (TPSA) is 39.6 Å². The van der Waals surface area contributed by atoms with E-state index in [9.17, 15) is 5.11 Å². The number of hydrogen-bond donors (Lipinski definition) is 1. The predicted molar refractivity (Wildman–Crippen MR) is 71.0 cm³/mol. The van der Waals surface area contributed by atoms with Gasteiger partial charge < -0.3 is 14.9 Å². The molecule has 1 saturated heterocycles. The molecule has 4 nitrogen and oxygen atoms in total. The van der Waals surface area contributed by atoms with E-state index in [2.05, 4.69) is 21.8 Å². The summed E-state index contributed by atoms with van der Waals surface area (Å²) >= 11 is 1.66. The number of anilines is 1. The lowest BCUT2D eigenvalue weighted by atomic mass is 10.3. The summed E-state index contributed by atoms with van der Waals surface area (Å²) in [6.45, 7) is 4.23. The van der Waals surface area contributed by atoms with Crippen molar-refractivity contribution in [3.8, 4) is 5.75 Å². The van der Waals surface area contributed by atoms with Gasteiger partial charge in [-0.1, -0.05) is 11.3 Å². The largest absolute Gasteiger partial charge is 0.508 e. The third kappa shape index (κ3) is 2.08. The third-order valence-corrected chi connectivity index (χ3v) is 4.21. The van der Waals surface area contributed by atoms with E-state index >= 15 is 0 Å². The molecule has 0 radical (unpaired) electrons. The maximum Gasteiger partial charge on any atom is 0.186 e. The van der Waals surface area contributed by atoms with Gasteiger partial charge in [0.1, 0.15) is 5.75 Å². The molecular weight excluding hydrogens is 234 g/mol. The maximum absolute atomic E-state index is 9.44. The Morgan fingerprint density at radius 1 is 1.24 bits per heavy atom. The van der Waals surface area contributed by atoms with Crippen molar-refractivity contribution in [2.75, 3.05) is 38.1 Å². The van der Waals surface area contributed by atoms with E-state index in [-0.39, 0.29) is 0 Å². The van der Waals surface area contributed by atoms with Crippen molar-refractivity contribution in [1.29, 1.82) is 0 Å². The van der Waals surface area contributed by atoms with Crippen molar-refractivity contribution in [2.24, 2.45) is 0 Å². The van der Waals surface area contributed by atoms with Gasteiger partial charge in [-0.3, -0.25) is 0 Å². The van der Waals surface area contributed by atoms with Gasteiger partial charge in [-0.05, 0) is 25.2 Å². The number of phenolic OH excluding ortho intramolecular Hbond substituents is 1. The molecule has 0 saturated carbocycles. The Labute approximate surface area is 104 Å². The first kappa shape index (κ1) is 10.8. The number of nitrogens with zero attached hydrogens (tertiary/aromatic N) is 3. The molecule has 0 spiro atoms. The third-order valence-electron chi connectivity index (χ3n) is 3.13. The zero-order chi connectivity index (χ0) is 11.8. The minimum absolute atomic E-state index is 0.311. The van der Waals surface area contributed by atoms with Crippen LogP contribution in [-0.4, -0.2) is 48.2 Å². The average molecular weight is 249 g/mol. The molecule has 2 heterocycles. The summed E-state index contributed by atoms with van der Waals surface area (Å²) in [4.78, 5) is 9.27. The maximum atomic E-state index is 9.44. The van der Waals surface area contributed by atoms with Crippen LogP contribution in [0.5, 0.6) is 5.75 Å². The second-order valence-electron chi connectivity index (χ2n) is 4.44. The van der Waals surface area contributed by atoms with Crippen LogP contribution >= 0.6 is 11.3 Å². The van der Waals surface area contributed by atoms with Crippen molar-refractivity contribution < 1.29 is 5.11 Å². The van der Waals surface area contributed by atoms with Crippen molar-refractivity contribution in [2.45, 2.75) is 0 Å². The van der Waals surface area contributed by atoms with Gasteiger partial charge in [-0.25, -0.2) is 4.98 Å². The van der Waals surface area contributed by atoms with Gasteiger partial charge in [-0.2, -0.15) is 0 Å². The van der Waals surface area contributed by atoms with Crippen LogP contribution in [0.25, 0.3) is 10.2 Å². The fourth-order valence-corrected chi connectivity index (χ4v) is 3.08. The quantitative estimate of drug-likeness (QED) is 0.836. The van der Waals surface area contributed by atoms with Crippen LogP contribution < -0.4 is 4.90 Å².